The third-order valence-corrected chi connectivity index (χ3v) is 4.04. The fourth-order valence-electron chi connectivity index (χ4n) is 2.14. The molecule has 1 unspecified atom stereocenters. The summed E-state index contributed by atoms with van der Waals surface area (Å²) in [5, 5.41) is 7.88. The molecule has 0 saturated heterocycles. The van der Waals surface area contributed by atoms with Crippen LogP contribution in [0.2, 0.25) is 5.02 Å². The summed E-state index contributed by atoms with van der Waals surface area (Å²) in [6.07, 6.45) is 7.70. The lowest BCUT2D eigenvalue weighted by Crippen LogP contribution is -2.24. The Bertz CT molecular complexity index is 384. The third kappa shape index (κ3) is 3.64. The lowest BCUT2D eigenvalue weighted by molar-refractivity contribution is 0.379. The van der Waals surface area contributed by atoms with Gasteiger partial charge in [0.25, 0.3) is 0 Å². The van der Waals surface area contributed by atoms with E-state index in [1.165, 1.54) is 19.3 Å². The smallest absolute Gasteiger partial charge is 0.163 e. The van der Waals surface area contributed by atoms with Gasteiger partial charge in [0.05, 0.1) is 11.9 Å². The van der Waals surface area contributed by atoms with Crippen LogP contribution >= 0.6 is 11.6 Å². The van der Waals surface area contributed by atoms with Crippen LogP contribution in [0.4, 0.5) is 4.39 Å². The van der Waals surface area contributed by atoms with E-state index < -0.39 is 5.82 Å². The topological polar surface area (TPSA) is 25.8 Å². The van der Waals surface area contributed by atoms with Crippen molar-refractivity contribution >= 4 is 11.6 Å². The second-order valence-electron chi connectivity index (χ2n) is 5.08. The predicted octanol–water partition coefficient (Wildman–Crippen LogP) is 4.91. The average Bonchev–Trinajstić information content (AvgIpc) is 2.37. The van der Waals surface area contributed by atoms with Crippen LogP contribution in [0.5, 0.6) is 0 Å². The second-order valence-corrected chi connectivity index (χ2v) is 5.46. The number of hydrogen-bond donors (Lipinski definition) is 0. The summed E-state index contributed by atoms with van der Waals surface area (Å²) in [4.78, 5) is 0. The van der Waals surface area contributed by atoms with Crippen LogP contribution < -0.4 is 0 Å². The molecule has 0 fully saturated rings. The Morgan fingerprint density at radius 3 is 2.61 bits per heavy atom. The van der Waals surface area contributed by atoms with Crippen molar-refractivity contribution in [3.8, 4) is 0 Å². The number of hydrogen-bond acceptors (Lipinski definition) is 2. The van der Waals surface area contributed by atoms with Gasteiger partial charge >= 0.3 is 0 Å². The van der Waals surface area contributed by atoms with E-state index >= 15 is 0 Å². The summed E-state index contributed by atoms with van der Waals surface area (Å²) in [5.41, 5.74) is 0.420. The normalized spacial score (nSPS) is 14.5. The molecule has 0 aliphatic heterocycles. The number of aromatic nitrogens is 2. The largest absolute Gasteiger partial charge is 0.203 e. The van der Waals surface area contributed by atoms with Crippen LogP contribution in [0.15, 0.2) is 6.20 Å². The molecule has 1 rings (SSSR count). The molecule has 4 heteroatoms. The zero-order valence-electron chi connectivity index (χ0n) is 11.5. The Morgan fingerprint density at radius 2 is 2.00 bits per heavy atom. The third-order valence-electron chi connectivity index (χ3n) is 3.68. The van der Waals surface area contributed by atoms with Crippen molar-refractivity contribution in [3.63, 3.8) is 0 Å². The standard InChI is InChI=1S/C14H22ClFN2/c1-4-6-7-8-9-14(3,5-2)13-12(15)11(16)10-17-18-13/h10H,4-9H2,1-3H3. The van der Waals surface area contributed by atoms with E-state index in [-0.39, 0.29) is 10.4 Å². The number of nitrogens with zero attached hydrogens (tertiary/aromatic N) is 2. The van der Waals surface area contributed by atoms with Crippen LogP contribution in [0.1, 0.15) is 65.0 Å². The minimum absolute atomic E-state index is 0.129. The number of unbranched alkanes of at least 4 members (excludes halogenated alkanes) is 3. The minimum Gasteiger partial charge on any atom is -0.203 e. The van der Waals surface area contributed by atoms with Crippen molar-refractivity contribution in [1.82, 2.24) is 10.2 Å². The van der Waals surface area contributed by atoms with Gasteiger partial charge in [0.15, 0.2) is 5.82 Å². The molecule has 0 amide bonds. The van der Waals surface area contributed by atoms with Gasteiger partial charge in [0.2, 0.25) is 0 Å². The van der Waals surface area contributed by atoms with Gasteiger partial charge < -0.3 is 0 Å². The molecule has 18 heavy (non-hydrogen) atoms. The van der Waals surface area contributed by atoms with E-state index in [0.717, 1.165) is 25.5 Å². The van der Waals surface area contributed by atoms with Crippen LogP contribution in [-0.2, 0) is 5.41 Å². The molecule has 0 aliphatic rings. The predicted molar refractivity (Wildman–Crippen MR) is 73.4 cm³/mol. The first-order chi connectivity index (χ1) is 8.55. The Labute approximate surface area is 114 Å². The number of halogens is 2. The van der Waals surface area contributed by atoms with E-state index in [1.807, 2.05) is 0 Å². The molecular weight excluding hydrogens is 251 g/mol. The van der Waals surface area contributed by atoms with Crippen molar-refractivity contribution in [2.45, 2.75) is 64.7 Å². The van der Waals surface area contributed by atoms with E-state index in [2.05, 4.69) is 31.0 Å². The first-order valence-electron chi connectivity index (χ1n) is 6.72. The summed E-state index contributed by atoms with van der Waals surface area (Å²) in [5.74, 6) is -0.477. The maximum absolute atomic E-state index is 13.5. The van der Waals surface area contributed by atoms with Crippen LogP contribution in [0.3, 0.4) is 0 Å². The average molecular weight is 273 g/mol. The fourth-order valence-corrected chi connectivity index (χ4v) is 2.46. The molecular formula is C14H22ClFN2. The number of rotatable bonds is 7. The van der Waals surface area contributed by atoms with Gasteiger partial charge in [-0.15, -0.1) is 0 Å². The summed E-state index contributed by atoms with van der Waals surface area (Å²) in [6.45, 7) is 6.37. The lowest BCUT2D eigenvalue weighted by atomic mass is 9.79. The van der Waals surface area contributed by atoms with Gasteiger partial charge in [0.1, 0.15) is 5.02 Å². The monoisotopic (exact) mass is 272 g/mol. The molecule has 1 aromatic rings. The summed E-state index contributed by atoms with van der Waals surface area (Å²) in [7, 11) is 0. The quantitative estimate of drug-likeness (QED) is 0.659. The molecule has 1 heterocycles. The second kappa shape index (κ2) is 7.03. The van der Waals surface area contributed by atoms with Gasteiger partial charge in [0, 0.05) is 5.41 Å². The minimum atomic E-state index is -0.477. The molecule has 0 aromatic carbocycles. The Morgan fingerprint density at radius 1 is 1.28 bits per heavy atom. The molecule has 1 aromatic heterocycles. The SMILES string of the molecule is CCCCCCC(C)(CC)c1nncc(F)c1Cl. The van der Waals surface area contributed by atoms with Crippen LogP contribution in [0, 0.1) is 5.82 Å². The van der Waals surface area contributed by atoms with Crippen LogP contribution in [-0.4, -0.2) is 10.2 Å². The van der Waals surface area contributed by atoms with E-state index in [4.69, 9.17) is 11.6 Å². The molecule has 0 radical (unpaired) electrons. The van der Waals surface area contributed by atoms with Gasteiger partial charge in [-0.3, -0.25) is 0 Å². The molecule has 0 saturated carbocycles. The molecule has 0 spiro atoms. The Kier molecular flexibility index (Phi) is 6.00. The van der Waals surface area contributed by atoms with E-state index in [9.17, 15) is 4.39 Å². The molecule has 2 nitrogen and oxygen atoms in total. The first kappa shape index (κ1) is 15.4. The summed E-state index contributed by atoms with van der Waals surface area (Å²) >= 11 is 6.02. The zero-order chi connectivity index (χ0) is 13.6. The lowest BCUT2D eigenvalue weighted by Gasteiger charge is -2.28. The fraction of sp³-hybridized carbons (Fsp3) is 0.714. The van der Waals surface area contributed by atoms with Gasteiger partial charge in [-0.2, -0.15) is 10.2 Å². The maximum atomic E-state index is 13.5. The highest BCUT2D eigenvalue weighted by Gasteiger charge is 2.29. The molecule has 0 aliphatic carbocycles. The van der Waals surface area contributed by atoms with E-state index in [0.29, 0.717) is 5.69 Å². The zero-order valence-corrected chi connectivity index (χ0v) is 12.2. The highest BCUT2D eigenvalue weighted by molar-refractivity contribution is 6.31. The van der Waals surface area contributed by atoms with E-state index in [1.54, 1.807) is 0 Å². The highest BCUT2D eigenvalue weighted by atomic mass is 35.5. The maximum Gasteiger partial charge on any atom is 0.163 e. The van der Waals surface area contributed by atoms with Gasteiger partial charge in [-0.25, -0.2) is 4.39 Å². The van der Waals surface area contributed by atoms with Crippen molar-refractivity contribution in [2.24, 2.45) is 0 Å². The van der Waals surface area contributed by atoms with Crippen molar-refractivity contribution in [3.05, 3.63) is 22.7 Å². The molecule has 0 bridgehead atoms. The molecule has 102 valence electrons. The van der Waals surface area contributed by atoms with Crippen molar-refractivity contribution in [1.29, 1.82) is 0 Å². The van der Waals surface area contributed by atoms with Crippen LogP contribution in [0.25, 0.3) is 0 Å². The van der Waals surface area contributed by atoms with Crippen molar-refractivity contribution in [2.75, 3.05) is 0 Å². The molecule has 0 N–H and O–H groups in total. The highest BCUT2D eigenvalue weighted by Crippen LogP contribution is 2.36. The Balaban J connectivity index is 2.82. The van der Waals surface area contributed by atoms with Crippen molar-refractivity contribution < 1.29 is 4.39 Å². The first-order valence-corrected chi connectivity index (χ1v) is 7.10. The molecule has 1 atom stereocenters. The van der Waals surface area contributed by atoms with Gasteiger partial charge in [-0.05, 0) is 12.8 Å². The Hall–Kier alpha value is -0.700. The summed E-state index contributed by atoms with van der Waals surface area (Å²) in [6, 6.07) is 0. The van der Waals surface area contributed by atoms with Gasteiger partial charge in [-0.1, -0.05) is 58.1 Å². The summed E-state index contributed by atoms with van der Waals surface area (Å²) < 4.78 is 13.5.